The molecule has 10 aromatic rings. The zero-order valence-electron chi connectivity index (χ0n) is 33.0. The highest BCUT2D eigenvalue weighted by molar-refractivity contribution is 6.14. The van der Waals surface area contributed by atoms with E-state index >= 15 is 0 Å². The van der Waals surface area contributed by atoms with E-state index in [1.54, 1.807) is 0 Å². The Hall–Kier alpha value is -7.16. The van der Waals surface area contributed by atoms with Crippen LogP contribution in [0.1, 0.15) is 26.3 Å². The Bertz CT molecular complexity index is 3090. The number of furan rings is 1. The molecule has 10 rings (SSSR count). The maximum atomic E-state index is 6.72. The van der Waals surface area contributed by atoms with Gasteiger partial charge in [-0.25, -0.2) is 0 Å². The van der Waals surface area contributed by atoms with Gasteiger partial charge < -0.3 is 9.32 Å². The number of fused-ring (bicyclic) bond motifs is 4. The zero-order valence-corrected chi connectivity index (χ0v) is 33.0. The molecule has 0 bridgehead atoms. The summed E-state index contributed by atoms with van der Waals surface area (Å²) < 4.78 is 6.72. The molecule has 2 nitrogen and oxygen atoms in total. The van der Waals surface area contributed by atoms with Crippen molar-refractivity contribution >= 4 is 49.6 Å². The number of hydrogen-bond acceptors (Lipinski definition) is 2. The van der Waals surface area contributed by atoms with E-state index in [4.69, 9.17) is 4.42 Å². The maximum absolute atomic E-state index is 6.72. The third-order valence-electron chi connectivity index (χ3n) is 11.4. The van der Waals surface area contributed by atoms with Crippen molar-refractivity contribution in [3.63, 3.8) is 0 Å². The van der Waals surface area contributed by atoms with E-state index in [0.717, 1.165) is 44.9 Å². The van der Waals surface area contributed by atoms with Gasteiger partial charge in [0, 0.05) is 33.3 Å². The van der Waals surface area contributed by atoms with E-state index in [0.29, 0.717) is 0 Å². The molecule has 1 heterocycles. The van der Waals surface area contributed by atoms with Crippen molar-refractivity contribution in [2.24, 2.45) is 0 Å². The average molecular weight is 746 g/mol. The van der Waals surface area contributed by atoms with Crippen LogP contribution < -0.4 is 4.90 Å². The van der Waals surface area contributed by atoms with E-state index in [1.165, 1.54) is 54.9 Å². The van der Waals surface area contributed by atoms with Crippen LogP contribution in [-0.2, 0) is 5.41 Å². The van der Waals surface area contributed by atoms with E-state index < -0.39 is 0 Å². The molecule has 0 atom stereocenters. The normalized spacial score (nSPS) is 11.7. The lowest BCUT2D eigenvalue weighted by atomic mass is 9.83. The molecule has 2 heteroatoms. The quantitative estimate of drug-likeness (QED) is 0.151. The van der Waals surface area contributed by atoms with Crippen LogP contribution in [0.2, 0.25) is 0 Å². The summed E-state index contributed by atoms with van der Waals surface area (Å²) >= 11 is 0. The van der Waals surface area contributed by atoms with E-state index in [1.807, 2.05) is 0 Å². The van der Waals surface area contributed by atoms with Crippen molar-refractivity contribution in [1.29, 1.82) is 0 Å². The minimum Gasteiger partial charge on any atom is -0.456 e. The molecule has 0 aliphatic rings. The number of hydrogen-bond donors (Lipinski definition) is 0. The fourth-order valence-electron chi connectivity index (χ4n) is 8.77. The first-order valence-electron chi connectivity index (χ1n) is 20.1. The summed E-state index contributed by atoms with van der Waals surface area (Å²) in [6, 6.07) is 74.3. The Morgan fingerprint density at radius 3 is 1.60 bits per heavy atom. The molecule has 9 aromatic carbocycles. The Balaban J connectivity index is 1.15. The van der Waals surface area contributed by atoms with Crippen molar-refractivity contribution < 1.29 is 4.42 Å². The summed E-state index contributed by atoms with van der Waals surface area (Å²) in [5, 5.41) is 6.03. The monoisotopic (exact) mass is 745 g/mol. The van der Waals surface area contributed by atoms with Gasteiger partial charge >= 0.3 is 0 Å². The Morgan fingerprint density at radius 1 is 0.379 bits per heavy atom. The van der Waals surface area contributed by atoms with Crippen molar-refractivity contribution in [2.75, 3.05) is 4.90 Å². The summed E-state index contributed by atoms with van der Waals surface area (Å²) in [7, 11) is 0. The van der Waals surface area contributed by atoms with Crippen LogP contribution in [0.25, 0.3) is 77.2 Å². The lowest BCUT2D eigenvalue weighted by Crippen LogP contribution is -2.12. The van der Waals surface area contributed by atoms with Crippen LogP contribution >= 0.6 is 0 Å². The first-order chi connectivity index (χ1) is 28.4. The Morgan fingerprint density at radius 2 is 0.914 bits per heavy atom. The summed E-state index contributed by atoms with van der Waals surface area (Å²) in [6.07, 6.45) is 0. The van der Waals surface area contributed by atoms with Crippen molar-refractivity contribution in [3.05, 3.63) is 212 Å². The Kier molecular flexibility index (Phi) is 8.76. The minimum absolute atomic E-state index is 0.125. The second-order valence-corrected chi connectivity index (χ2v) is 16.1. The fraction of sp³-hybridized carbons (Fsp3) is 0.0714. The van der Waals surface area contributed by atoms with E-state index in [-0.39, 0.29) is 5.41 Å². The van der Waals surface area contributed by atoms with Crippen LogP contribution in [0, 0.1) is 0 Å². The minimum atomic E-state index is -0.125. The SMILES string of the molecule is CC(C)(C)c1c(-c2cccc(N(c3ccc(-c4ccccc4-c4ccccc4-c4ccccc4)cc3)c3cc4ccccc4c4ccccc34)c2)oc2ccccc12. The molecule has 0 aliphatic carbocycles. The van der Waals surface area contributed by atoms with Gasteiger partial charge in [0.05, 0.1) is 5.69 Å². The third-order valence-corrected chi connectivity index (χ3v) is 11.4. The molecule has 0 aliphatic heterocycles. The second-order valence-electron chi connectivity index (χ2n) is 16.1. The summed E-state index contributed by atoms with van der Waals surface area (Å²) in [6.45, 7) is 6.81. The Labute approximate surface area is 340 Å². The summed E-state index contributed by atoms with van der Waals surface area (Å²) in [5.41, 5.74) is 13.5. The highest BCUT2D eigenvalue weighted by atomic mass is 16.3. The summed E-state index contributed by atoms with van der Waals surface area (Å²) in [4.78, 5) is 2.41. The molecule has 0 radical (unpaired) electrons. The van der Waals surface area contributed by atoms with Crippen LogP contribution in [0.5, 0.6) is 0 Å². The van der Waals surface area contributed by atoms with E-state index in [2.05, 4.69) is 232 Å². The number of nitrogens with zero attached hydrogens (tertiary/aromatic N) is 1. The number of rotatable bonds is 7. The fourth-order valence-corrected chi connectivity index (χ4v) is 8.77. The van der Waals surface area contributed by atoms with Crippen molar-refractivity contribution in [1.82, 2.24) is 0 Å². The molecule has 0 amide bonds. The van der Waals surface area contributed by atoms with Gasteiger partial charge in [0.1, 0.15) is 11.3 Å². The largest absolute Gasteiger partial charge is 0.456 e. The van der Waals surface area contributed by atoms with Gasteiger partial charge in [0.25, 0.3) is 0 Å². The van der Waals surface area contributed by atoms with Gasteiger partial charge in [-0.15, -0.1) is 0 Å². The zero-order chi connectivity index (χ0) is 39.2. The van der Waals surface area contributed by atoms with Crippen LogP contribution in [-0.4, -0.2) is 0 Å². The third kappa shape index (κ3) is 6.24. The maximum Gasteiger partial charge on any atom is 0.139 e. The van der Waals surface area contributed by atoms with Gasteiger partial charge in [-0.05, 0) is 91.4 Å². The molecular formula is C56H43NO. The highest BCUT2D eigenvalue weighted by Gasteiger charge is 2.27. The molecule has 0 N–H and O–H groups in total. The lowest BCUT2D eigenvalue weighted by molar-refractivity contribution is 0.568. The predicted octanol–water partition coefficient (Wildman–Crippen LogP) is 16.2. The number of benzene rings is 9. The van der Waals surface area contributed by atoms with E-state index in [9.17, 15) is 0 Å². The molecular weight excluding hydrogens is 703 g/mol. The second kappa shape index (κ2) is 14.4. The average Bonchev–Trinajstić information content (AvgIpc) is 3.68. The van der Waals surface area contributed by atoms with Crippen LogP contribution in [0.15, 0.2) is 211 Å². The summed E-state index contributed by atoms with van der Waals surface area (Å²) in [5.74, 6) is 0.918. The van der Waals surface area contributed by atoms with Crippen LogP contribution in [0.4, 0.5) is 17.1 Å². The molecule has 0 saturated heterocycles. The van der Waals surface area contributed by atoms with Gasteiger partial charge in [-0.1, -0.05) is 191 Å². The van der Waals surface area contributed by atoms with Crippen molar-refractivity contribution in [2.45, 2.75) is 26.2 Å². The molecule has 0 saturated carbocycles. The van der Waals surface area contributed by atoms with Gasteiger partial charge in [0.2, 0.25) is 0 Å². The molecule has 0 unspecified atom stereocenters. The van der Waals surface area contributed by atoms with Crippen molar-refractivity contribution in [3.8, 4) is 44.7 Å². The predicted molar refractivity (Wildman–Crippen MR) is 246 cm³/mol. The topological polar surface area (TPSA) is 16.4 Å². The first-order valence-corrected chi connectivity index (χ1v) is 20.1. The number of anilines is 3. The van der Waals surface area contributed by atoms with Gasteiger partial charge in [0.15, 0.2) is 0 Å². The molecule has 0 fully saturated rings. The number of para-hydroxylation sites is 1. The molecule has 0 spiro atoms. The first kappa shape index (κ1) is 35.3. The standard InChI is InChI=1S/C56H43NO/c1-56(2,3)54-51-30-15-16-31-53(51)58-55(54)41-21-17-22-43(36-41)57(52-37-40-20-7-8-25-46(40)49-28-13-14-29-50(49)52)42-34-32-39(33-35-42)45-24-10-12-27-48(45)47-26-11-9-23-44(47)38-18-5-4-6-19-38/h4-37H,1-3H3. The smallest absolute Gasteiger partial charge is 0.139 e. The van der Waals surface area contributed by atoms with Gasteiger partial charge in [-0.2, -0.15) is 0 Å². The molecule has 58 heavy (non-hydrogen) atoms. The molecule has 1 aromatic heterocycles. The van der Waals surface area contributed by atoms with Gasteiger partial charge in [-0.3, -0.25) is 0 Å². The highest BCUT2D eigenvalue weighted by Crippen LogP contribution is 2.46. The molecule has 278 valence electrons. The lowest BCUT2D eigenvalue weighted by Gasteiger charge is -2.28. The van der Waals surface area contributed by atoms with Crippen LogP contribution in [0.3, 0.4) is 0 Å².